The highest BCUT2D eigenvalue weighted by molar-refractivity contribution is 6.30. The minimum absolute atomic E-state index is 0.276. The molecule has 0 saturated heterocycles. The average molecular weight is 282 g/mol. The Kier molecular flexibility index (Phi) is 4.42. The topological polar surface area (TPSA) is 21.3 Å². The van der Waals surface area contributed by atoms with Crippen molar-refractivity contribution in [1.82, 2.24) is 5.32 Å². The van der Waals surface area contributed by atoms with Crippen LogP contribution in [0.15, 0.2) is 18.2 Å². The molecule has 3 heteroatoms. The molecule has 1 aromatic carbocycles. The fourth-order valence-corrected chi connectivity index (χ4v) is 2.94. The monoisotopic (exact) mass is 281 g/mol. The van der Waals surface area contributed by atoms with Gasteiger partial charge in [0.1, 0.15) is 11.9 Å². The standard InChI is InChI=1S/C16H24ClNO/c1-5-18-14-9-12(10-16(2,3)4)19-15-7-6-11(17)8-13(14)15/h6-8,12,14,18H,5,9-10H2,1-4H3. The number of rotatable bonds is 3. The molecule has 106 valence electrons. The number of benzene rings is 1. The summed E-state index contributed by atoms with van der Waals surface area (Å²) in [5, 5.41) is 4.32. The summed E-state index contributed by atoms with van der Waals surface area (Å²) in [6.45, 7) is 9.87. The first-order valence-corrected chi connectivity index (χ1v) is 7.46. The van der Waals surface area contributed by atoms with Crippen molar-refractivity contribution in [3.8, 4) is 5.75 Å². The van der Waals surface area contributed by atoms with E-state index in [9.17, 15) is 0 Å². The third-order valence-electron chi connectivity index (χ3n) is 3.43. The summed E-state index contributed by atoms with van der Waals surface area (Å²) in [4.78, 5) is 0. The van der Waals surface area contributed by atoms with Gasteiger partial charge in [-0.3, -0.25) is 0 Å². The van der Waals surface area contributed by atoms with Crippen LogP contribution in [-0.4, -0.2) is 12.6 Å². The highest BCUT2D eigenvalue weighted by Gasteiger charge is 2.30. The molecule has 2 nitrogen and oxygen atoms in total. The van der Waals surface area contributed by atoms with Gasteiger partial charge in [-0.2, -0.15) is 0 Å². The van der Waals surface area contributed by atoms with Crippen molar-refractivity contribution in [2.24, 2.45) is 5.41 Å². The predicted molar refractivity (Wildman–Crippen MR) is 81.0 cm³/mol. The lowest BCUT2D eigenvalue weighted by molar-refractivity contribution is 0.106. The summed E-state index contributed by atoms with van der Waals surface area (Å²) in [7, 11) is 0. The molecule has 2 atom stereocenters. The lowest BCUT2D eigenvalue weighted by atomic mass is 9.85. The zero-order valence-electron chi connectivity index (χ0n) is 12.3. The summed E-state index contributed by atoms with van der Waals surface area (Å²) in [5.74, 6) is 0.982. The minimum Gasteiger partial charge on any atom is -0.490 e. The van der Waals surface area contributed by atoms with Gasteiger partial charge in [0.15, 0.2) is 0 Å². The van der Waals surface area contributed by atoms with Gasteiger partial charge >= 0.3 is 0 Å². The second-order valence-electron chi connectivity index (χ2n) is 6.53. The van der Waals surface area contributed by atoms with E-state index in [1.807, 2.05) is 18.2 Å². The zero-order valence-corrected chi connectivity index (χ0v) is 13.1. The van der Waals surface area contributed by atoms with Gasteiger partial charge in [-0.25, -0.2) is 0 Å². The molecular weight excluding hydrogens is 258 g/mol. The molecule has 0 aliphatic carbocycles. The maximum Gasteiger partial charge on any atom is 0.124 e. The van der Waals surface area contributed by atoms with E-state index < -0.39 is 0 Å². The highest BCUT2D eigenvalue weighted by atomic mass is 35.5. The third-order valence-corrected chi connectivity index (χ3v) is 3.67. The molecule has 0 aromatic heterocycles. The highest BCUT2D eigenvalue weighted by Crippen LogP contribution is 2.39. The number of ether oxygens (including phenoxy) is 1. The van der Waals surface area contributed by atoms with Crippen molar-refractivity contribution >= 4 is 11.6 Å². The normalized spacial score (nSPS) is 22.8. The van der Waals surface area contributed by atoms with E-state index in [2.05, 4.69) is 33.0 Å². The largest absolute Gasteiger partial charge is 0.490 e. The second kappa shape index (κ2) is 5.72. The Bertz CT molecular complexity index is 439. The molecular formula is C16H24ClNO. The van der Waals surface area contributed by atoms with Gasteiger partial charge in [-0.1, -0.05) is 39.3 Å². The van der Waals surface area contributed by atoms with Crippen LogP contribution in [0.4, 0.5) is 0 Å². The molecule has 1 N–H and O–H groups in total. The van der Waals surface area contributed by atoms with Gasteiger partial charge < -0.3 is 10.1 Å². The van der Waals surface area contributed by atoms with E-state index in [4.69, 9.17) is 16.3 Å². The van der Waals surface area contributed by atoms with Crippen LogP contribution >= 0.6 is 11.6 Å². The van der Waals surface area contributed by atoms with E-state index in [0.29, 0.717) is 6.04 Å². The zero-order chi connectivity index (χ0) is 14.0. The fourth-order valence-electron chi connectivity index (χ4n) is 2.76. The molecule has 2 rings (SSSR count). The molecule has 1 heterocycles. The van der Waals surface area contributed by atoms with Gasteiger partial charge in [0.25, 0.3) is 0 Å². The van der Waals surface area contributed by atoms with Gasteiger partial charge in [-0.05, 0) is 36.6 Å². The molecule has 0 fully saturated rings. The summed E-state index contributed by atoms with van der Waals surface area (Å²) in [5.41, 5.74) is 1.48. The first kappa shape index (κ1) is 14.7. The van der Waals surface area contributed by atoms with Crippen LogP contribution in [0.1, 0.15) is 52.1 Å². The lowest BCUT2D eigenvalue weighted by Gasteiger charge is -2.35. The molecule has 0 radical (unpaired) electrons. The third kappa shape index (κ3) is 3.87. The molecule has 0 amide bonds. The van der Waals surface area contributed by atoms with Gasteiger partial charge in [0.05, 0.1) is 0 Å². The van der Waals surface area contributed by atoms with Crippen LogP contribution in [0.3, 0.4) is 0 Å². The van der Waals surface area contributed by atoms with Crippen molar-refractivity contribution in [2.75, 3.05) is 6.54 Å². The molecule has 0 bridgehead atoms. The number of fused-ring (bicyclic) bond motifs is 1. The average Bonchev–Trinajstić information content (AvgIpc) is 2.28. The Hall–Kier alpha value is -0.730. The fraction of sp³-hybridized carbons (Fsp3) is 0.625. The smallest absolute Gasteiger partial charge is 0.124 e. The maximum atomic E-state index is 6.14. The lowest BCUT2D eigenvalue weighted by Crippen LogP contribution is -2.35. The first-order chi connectivity index (χ1) is 8.89. The molecule has 2 unspecified atom stereocenters. The number of halogens is 1. The Labute approximate surface area is 121 Å². The van der Waals surface area contributed by atoms with E-state index in [1.165, 1.54) is 5.56 Å². The Morgan fingerprint density at radius 2 is 2.11 bits per heavy atom. The van der Waals surface area contributed by atoms with Crippen LogP contribution in [0.25, 0.3) is 0 Å². The van der Waals surface area contributed by atoms with Crippen molar-refractivity contribution in [2.45, 2.75) is 52.7 Å². The van der Waals surface area contributed by atoms with Crippen LogP contribution in [0.2, 0.25) is 5.02 Å². The molecule has 1 aliphatic heterocycles. The van der Waals surface area contributed by atoms with Gasteiger partial charge in [-0.15, -0.1) is 0 Å². The van der Waals surface area contributed by atoms with Crippen LogP contribution in [0.5, 0.6) is 5.75 Å². The second-order valence-corrected chi connectivity index (χ2v) is 6.97. The molecule has 0 spiro atoms. The molecule has 19 heavy (non-hydrogen) atoms. The summed E-state index contributed by atoms with van der Waals surface area (Å²) >= 11 is 6.10. The van der Waals surface area contributed by atoms with Crippen molar-refractivity contribution in [1.29, 1.82) is 0 Å². The predicted octanol–water partition coefficient (Wildman–Crippen LogP) is 4.58. The summed E-state index contributed by atoms with van der Waals surface area (Å²) in [6, 6.07) is 6.27. The summed E-state index contributed by atoms with van der Waals surface area (Å²) < 4.78 is 6.14. The first-order valence-electron chi connectivity index (χ1n) is 7.08. The van der Waals surface area contributed by atoms with E-state index in [-0.39, 0.29) is 11.5 Å². The van der Waals surface area contributed by atoms with Crippen molar-refractivity contribution < 1.29 is 4.74 Å². The van der Waals surface area contributed by atoms with E-state index in [1.54, 1.807) is 0 Å². The van der Waals surface area contributed by atoms with Gasteiger partial charge in [0, 0.05) is 23.0 Å². The number of hydrogen-bond acceptors (Lipinski definition) is 2. The SMILES string of the molecule is CCNC1CC(CC(C)(C)C)Oc2ccc(Cl)cc21. The molecule has 0 saturated carbocycles. The van der Waals surface area contributed by atoms with Crippen molar-refractivity contribution in [3.63, 3.8) is 0 Å². The van der Waals surface area contributed by atoms with Crippen LogP contribution in [-0.2, 0) is 0 Å². The Balaban J connectivity index is 2.23. The maximum absolute atomic E-state index is 6.14. The Morgan fingerprint density at radius 3 is 2.74 bits per heavy atom. The van der Waals surface area contributed by atoms with E-state index in [0.717, 1.165) is 30.2 Å². The minimum atomic E-state index is 0.276. The summed E-state index contributed by atoms with van der Waals surface area (Å²) in [6.07, 6.45) is 2.35. The number of nitrogens with one attached hydrogen (secondary N) is 1. The van der Waals surface area contributed by atoms with Gasteiger partial charge in [0.2, 0.25) is 0 Å². The quantitative estimate of drug-likeness (QED) is 0.876. The Morgan fingerprint density at radius 1 is 1.37 bits per heavy atom. The number of hydrogen-bond donors (Lipinski definition) is 1. The molecule has 1 aliphatic rings. The van der Waals surface area contributed by atoms with Crippen LogP contribution in [0, 0.1) is 5.41 Å². The van der Waals surface area contributed by atoms with Crippen molar-refractivity contribution in [3.05, 3.63) is 28.8 Å². The van der Waals surface area contributed by atoms with Crippen LogP contribution < -0.4 is 10.1 Å². The molecule has 1 aromatic rings. The van der Waals surface area contributed by atoms with E-state index >= 15 is 0 Å².